The highest BCUT2D eigenvalue weighted by atomic mass is 35.5. The zero-order chi connectivity index (χ0) is 19.8. The Balaban J connectivity index is 2.08. The summed E-state index contributed by atoms with van der Waals surface area (Å²) in [5.41, 5.74) is 0.383. The molecule has 0 aromatic carbocycles. The van der Waals surface area contributed by atoms with Crippen molar-refractivity contribution in [1.29, 1.82) is 0 Å². The standard InChI is InChI=1S/C16H20ClN7O2S/c1-5-23-14(17)11(10-20-23)27(25,26)22-13-9-12(16(2,3)4)21-24(13)15-18-7-6-8-19-15/h6-10,22H,5H2,1-4H3. The minimum absolute atomic E-state index is 0.0445. The number of aromatic nitrogens is 6. The summed E-state index contributed by atoms with van der Waals surface area (Å²) in [5.74, 6) is 0.465. The lowest BCUT2D eigenvalue weighted by molar-refractivity contribution is 0.558. The fraction of sp³-hybridized carbons (Fsp3) is 0.375. The van der Waals surface area contributed by atoms with Crippen molar-refractivity contribution in [3.8, 4) is 5.95 Å². The van der Waals surface area contributed by atoms with Gasteiger partial charge in [-0.2, -0.15) is 14.9 Å². The molecule has 3 heterocycles. The van der Waals surface area contributed by atoms with Crippen molar-refractivity contribution in [3.05, 3.63) is 41.6 Å². The summed E-state index contributed by atoms with van der Waals surface area (Å²) in [6, 6.07) is 3.33. The zero-order valence-electron chi connectivity index (χ0n) is 15.4. The van der Waals surface area contributed by atoms with Gasteiger partial charge in [0.1, 0.15) is 15.9 Å². The van der Waals surface area contributed by atoms with Gasteiger partial charge in [-0.15, -0.1) is 0 Å². The van der Waals surface area contributed by atoms with Gasteiger partial charge in [-0.3, -0.25) is 9.40 Å². The fourth-order valence-corrected chi connectivity index (χ4v) is 3.88. The average molecular weight is 410 g/mol. The average Bonchev–Trinajstić information content (AvgIpc) is 3.19. The molecule has 0 saturated carbocycles. The molecule has 0 amide bonds. The number of hydrogen-bond donors (Lipinski definition) is 1. The molecular formula is C16H20ClN7O2S. The van der Waals surface area contributed by atoms with Crippen LogP contribution in [0.3, 0.4) is 0 Å². The highest BCUT2D eigenvalue weighted by Gasteiger charge is 2.27. The Labute approximate surface area is 162 Å². The topological polar surface area (TPSA) is 108 Å². The normalized spacial score (nSPS) is 12.3. The van der Waals surface area contributed by atoms with Crippen LogP contribution in [0.4, 0.5) is 5.82 Å². The van der Waals surface area contributed by atoms with Gasteiger partial charge in [0.05, 0.1) is 11.9 Å². The number of nitrogens with one attached hydrogen (secondary N) is 1. The van der Waals surface area contributed by atoms with Crippen molar-refractivity contribution in [2.45, 2.75) is 44.6 Å². The van der Waals surface area contributed by atoms with Gasteiger partial charge in [0.25, 0.3) is 16.0 Å². The first-order chi connectivity index (χ1) is 12.6. The predicted molar refractivity (Wildman–Crippen MR) is 102 cm³/mol. The first-order valence-electron chi connectivity index (χ1n) is 8.25. The monoisotopic (exact) mass is 409 g/mol. The molecule has 0 aliphatic heterocycles. The molecule has 3 aromatic heterocycles. The van der Waals surface area contributed by atoms with Gasteiger partial charge in [0.2, 0.25) is 0 Å². The van der Waals surface area contributed by atoms with Crippen LogP contribution in [-0.2, 0) is 22.0 Å². The molecule has 0 aliphatic carbocycles. The first-order valence-corrected chi connectivity index (χ1v) is 10.1. The van der Waals surface area contributed by atoms with E-state index in [0.717, 1.165) is 0 Å². The fourth-order valence-electron chi connectivity index (χ4n) is 2.32. The summed E-state index contributed by atoms with van der Waals surface area (Å²) in [6.07, 6.45) is 4.33. The van der Waals surface area contributed by atoms with E-state index in [9.17, 15) is 8.42 Å². The van der Waals surface area contributed by atoms with Crippen LogP contribution in [0.1, 0.15) is 33.4 Å². The van der Waals surface area contributed by atoms with E-state index in [1.807, 2.05) is 27.7 Å². The molecule has 0 radical (unpaired) electrons. The lowest BCUT2D eigenvalue weighted by atomic mass is 9.92. The highest BCUT2D eigenvalue weighted by molar-refractivity contribution is 7.92. The molecule has 144 valence electrons. The number of anilines is 1. The number of aryl methyl sites for hydroxylation is 1. The second kappa shape index (κ2) is 6.93. The van der Waals surface area contributed by atoms with Gasteiger partial charge >= 0.3 is 0 Å². The van der Waals surface area contributed by atoms with Gasteiger partial charge in [0, 0.05) is 30.4 Å². The molecule has 0 bridgehead atoms. The van der Waals surface area contributed by atoms with E-state index >= 15 is 0 Å². The molecular weight excluding hydrogens is 390 g/mol. The number of sulfonamides is 1. The predicted octanol–water partition coefficient (Wildman–Crippen LogP) is 2.63. The molecule has 0 fully saturated rings. The lowest BCUT2D eigenvalue weighted by Crippen LogP contribution is -2.17. The molecule has 3 rings (SSSR count). The maximum absolute atomic E-state index is 12.9. The molecule has 3 aromatic rings. The third-order valence-electron chi connectivity index (χ3n) is 3.79. The van der Waals surface area contributed by atoms with Crippen LogP contribution in [0, 0.1) is 0 Å². The van der Waals surface area contributed by atoms with Gasteiger partial charge in [-0.1, -0.05) is 32.4 Å². The van der Waals surface area contributed by atoms with Crippen LogP contribution < -0.4 is 4.72 Å². The Morgan fingerprint density at radius 1 is 1.22 bits per heavy atom. The van der Waals surface area contributed by atoms with E-state index in [1.54, 1.807) is 24.5 Å². The molecule has 0 saturated heterocycles. The summed E-state index contributed by atoms with van der Waals surface area (Å²) < 4.78 is 31.0. The third kappa shape index (κ3) is 3.81. The van der Waals surface area contributed by atoms with Crippen LogP contribution in [0.2, 0.25) is 5.15 Å². The van der Waals surface area contributed by atoms with Gasteiger partial charge in [0.15, 0.2) is 0 Å². The smallest absolute Gasteiger partial charge is 0.263 e. The van der Waals surface area contributed by atoms with Crippen LogP contribution in [0.15, 0.2) is 35.6 Å². The van der Waals surface area contributed by atoms with Gasteiger partial charge in [-0.25, -0.2) is 18.4 Å². The molecule has 1 N–H and O–H groups in total. The Kier molecular flexibility index (Phi) is 4.96. The third-order valence-corrected chi connectivity index (χ3v) is 5.66. The highest BCUT2D eigenvalue weighted by Crippen LogP contribution is 2.28. The van der Waals surface area contributed by atoms with E-state index in [4.69, 9.17) is 11.6 Å². The lowest BCUT2D eigenvalue weighted by Gasteiger charge is -2.13. The van der Waals surface area contributed by atoms with Crippen LogP contribution in [0.5, 0.6) is 0 Å². The number of halogens is 1. The number of rotatable bonds is 5. The van der Waals surface area contributed by atoms with E-state index in [-0.39, 0.29) is 27.2 Å². The Morgan fingerprint density at radius 2 is 1.89 bits per heavy atom. The van der Waals surface area contributed by atoms with Gasteiger partial charge < -0.3 is 0 Å². The second-order valence-corrected chi connectivity index (χ2v) is 8.86. The van der Waals surface area contributed by atoms with Crippen LogP contribution in [-0.4, -0.2) is 37.9 Å². The molecule has 0 spiro atoms. The Hall–Kier alpha value is -2.46. The summed E-state index contributed by atoms with van der Waals surface area (Å²) in [6.45, 7) is 8.21. The summed E-state index contributed by atoms with van der Waals surface area (Å²) in [7, 11) is -3.98. The minimum Gasteiger partial charge on any atom is -0.263 e. The number of nitrogens with zero attached hydrogens (tertiary/aromatic N) is 6. The molecule has 9 nitrogen and oxygen atoms in total. The summed E-state index contributed by atoms with van der Waals surface area (Å²) in [5, 5.41) is 8.51. The minimum atomic E-state index is -3.98. The maximum atomic E-state index is 12.9. The zero-order valence-corrected chi connectivity index (χ0v) is 17.0. The van der Waals surface area contributed by atoms with E-state index < -0.39 is 10.0 Å². The van der Waals surface area contributed by atoms with Gasteiger partial charge in [-0.05, 0) is 13.0 Å². The van der Waals surface area contributed by atoms with Crippen molar-refractivity contribution in [1.82, 2.24) is 29.5 Å². The van der Waals surface area contributed by atoms with Crippen LogP contribution in [0.25, 0.3) is 5.95 Å². The van der Waals surface area contributed by atoms with E-state index in [0.29, 0.717) is 12.2 Å². The van der Waals surface area contributed by atoms with E-state index in [2.05, 4.69) is 24.9 Å². The molecule has 0 atom stereocenters. The van der Waals surface area contributed by atoms with E-state index in [1.165, 1.54) is 15.6 Å². The maximum Gasteiger partial charge on any atom is 0.267 e. The SMILES string of the molecule is CCn1ncc(S(=O)(=O)Nc2cc(C(C)(C)C)nn2-c2ncccn2)c1Cl. The number of hydrogen-bond acceptors (Lipinski definition) is 6. The summed E-state index contributed by atoms with van der Waals surface area (Å²) >= 11 is 6.14. The van der Waals surface area contributed by atoms with Crippen molar-refractivity contribution in [3.63, 3.8) is 0 Å². The molecule has 27 heavy (non-hydrogen) atoms. The first kappa shape index (κ1) is 19.3. The van der Waals surface area contributed by atoms with Crippen LogP contribution >= 0.6 is 11.6 Å². The Morgan fingerprint density at radius 3 is 2.44 bits per heavy atom. The van der Waals surface area contributed by atoms with Crippen molar-refractivity contribution >= 4 is 27.4 Å². The summed E-state index contributed by atoms with van der Waals surface area (Å²) in [4.78, 5) is 8.20. The second-order valence-electron chi connectivity index (χ2n) is 6.85. The van der Waals surface area contributed by atoms with Crippen molar-refractivity contribution in [2.75, 3.05) is 4.72 Å². The van der Waals surface area contributed by atoms with Crippen molar-refractivity contribution in [2.24, 2.45) is 0 Å². The quantitative estimate of drug-likeness (QED) is 0.694. The molecule has 11 heteroatoms. The van der Waals surface area contributed by atoms with Crippen molar-refractivity contribution < 1.29 is 8.42 Å². The molecule has 0 unspecified atom stereocenters. The largest absolute Gasteiger partial charge is 0.267 e. The molecule has 0 aliphatic rings. The Bertz CT molecular complexity index is 1050.